The summed E-state index contributed by atoms with van der Waals surface area (Å²) in [6, 6.07) is 9.61. The molecule has 0 saturated heterocycles. The number of hydrogen-bond donors (Lipinski definition) is 0. The van der Waals surface area contributed by atoms with Crippen molar-refractivity contribution >= 4 is 22.3 Å². The molecule has 1 aromatic carbocycles. The van der Waals surface area contributed by atoms with E-state index in [1.54, 1.807) is 30.3 Å². The lowest BCUT2D eigenvalue weighted by molar-refractivity contribution is -0.387. The number of pyridine rings is 1. The highest BCUT2D eigenvalue weighted by Gasteiger charge is 2.26. The van der Waals surface area contributed by atoms with Gasteiger partial charge in [0.05, 0.1) is 4.92 Å². The van der Waals surface area contributed by atoms with Crippen molar-refractivity contribution in [2.45, 2.75) is 19.3 Å². The number of nitro groups is 1. The molecule has 0 spiro atoms. The van der Waals surface area contributed by atoms with Gasteiger partial charge in [0.2, 0.25) is 0 Å². The van der Waals surface area contributed by atoms with Gasteiger partial charge in [0.1, 0.15) is 17.0 Å². The maximum absolute atomic E-state index is 12.5. The van der Waals surface area contributed by atoms with E-state index in [1.807, 2.05) is 0 Å². The standard InChI is InChI=1S/C20H13N3O6/c24-19-17(23(26)27)18(21-16-6-1-2-9-22(16)19)28-11-7-8-13-12-4-3-5-14(12)20(25)29-15(13)10-11/h1-2,6-10H,3-5H2. The van der Waals surface area contributed by atoms with Crippen LogP contribution in [0.1, 0.15) is 17.5 Å². The second-order valence-electron chi connectivity index (χ2n) is 6.72. The number of nitrogens with zero attached hydrogens (tertiary/aromatic N) is 3. The molecule has 1 aliphatic rings. The average molecular weight is 391 g/mol. The SMILES string of the molecule is O=c1oc2cc(Oc3nc4ccccn4c(=O)c3[N+](=O)[O-])ccc2c2c1CCC2. The fraction of sp³-hybridized carbons (Fsp3) is 0.150. The third-order valence-electron chi connectivity index (χ3n) is 5.02. The average Bonchev–Trinajstić information content (AvgIpc) is 3.18. The topological polar surface area (TPSA) is 117 Å². The van der Waals surface area contributed by atoms with Crippen LogP contribution in [0.25, 0.3) is 16.6 Å². The molecule has 9 nitrogen and oxygen atoms in total. The lowest BCUT2D eigenvalue weighted by Crippen LogP contribution is -2.19. The van der Waals surface area contributed by atoms with Crippen LogP contribution < -0.4 is 15.9 Å². The summed E-state index contributed by atoms with van der Waals surface area (Å²) in [5.74, 6) is -0.247. The van der Waals surface area contributed by atoms with E-state index in [9.17, 15) is 19.7 Å². The number of hydrogen-bond acceptors (Lipinski definition) is 7. The summed E-state index contributed by atoms with van der Waals surface area (Å²) in [4.78, 5) is 39.5. The Balaban J connectivity index is 1.66. The van der Waals surface area contributed by atoms with Crippen LogP contribution in [-0.4, -0.2) is 14.3 Å². The van der Waals surface area contributed by atoms with Gasteiger partial charge in [0, 0.05) is 23.2 Å². The molecule has 0 radical (unpaired) electrons. The van der Waals surface area contributed by atoms with Crippen LogP contribution in [0.4, 0.5) is 5.69 Å². The van der Waals surface area contributed by atoms with Gasteiger partial charge >= 0.3 is 22.8 Å². The first-order valence-corrected chi connectivity index (χ1v) is 8.95. The van der Waals surface area contributed by atoms with Crippen LogP contribution in [0.5, 0.6) is 11.6 Å². The highest BCUT2D eigenvalue weighted by molar-refractivity contribution is 5.83. The molecule has 0 amide bonds. The molecule has 1 aliphatic carbocycles. The Bertz CT molecular complexity index is 1440. The molecule has 3 aromatic heterocycles. The molecule has 0 saturated carbocycles. The molecule has 5 rings (SSSR count). The zero-order valence-electron chi connectivity index (χ0n) is 15.0. The molecular weight excluding hydrogens is 378 g/mol. The first-order valence-electron chi connectivity index (χ1n) is 8.95. The minimum absolute atomic E-state index is 0.175. The molecular formula is C20H13N3O6. The van der Waals surface area contributed by atoms with Crippen molar-refractivity contribution < 1.29 is 14.1 Å². The molecule has 0 fully saturated rings. The molecule has 3 heterocycles. The van der Waals surface area contributed by atoms with E-state index in [-0.39, 0.29) is 17.0 Å². The summed E-state index contributed by atoms with van der Waals surface area (Å²) in [6.45, 7) is 0. The van der Waals surface area contributed by atoms with Gasteiger partial charge in [-0.05, 0) is 49.1 Å². The van der Waals surface area contributed by atoms with Crippen molar-refractivity contribution in [2.24, 2.45) is 0 Å². The largest absolute Gasteiger partial charge is 0.433 e. The Hall–Kier alpha value is -4.01. The lowest BCUT2D eigenvalue weighted by Gasteiger charge is -2.09. The van der Waals surface area contributed by atoms with Crippen LogP contribution in [0.15, 0.2) is 56.6 Å². The van der Waals surface area contributed by atoms with Crippen LogP contribution in [0.2, 0.25) is 0 Å². The van der Waals surface area contributed by atoms with Crippen molar-refractivity contribution in [1.29, 1.82) is 0 Å². The van der Waals surface area contributed by atoms with Crippen molar-refractivity contribution in [3.05, 3.63) is 84.6 Å². The number of rotatable bonds is 3. The summed E-state index contributed by atoms with van der Waals surface area (Å²) in [7, 11) is 0. The molecule has 0 aliphatic heterocycles. The summed E-state index contributed by atoms with van der Waals surface area (Å²) in [5, 5.41) is 12.3. The molecule has 4 aromatic rings. The monoisotopic (exact) mass is 391 g/mol. The van der Waals surface area contributed by atoms with Crippen LogP contribution >= 0.6 is 0 Å². The Kier molecular flexibility index (Phi) is 3.70. The van der Waals surface area contributed by atoms with Crippen LogP contribution in [0, 0.1) is 10.1 Å². The van der Waals surface area contributed by atoms with Crippen molar-refractivity contribution in [1.82, 2.24) is 9.38 Å². The van der Waals surface area contributed by atoms with Crippen LogP contribution in [-0.2, 0) is 12.8 Å². The van der Waals surface area contributed by atoms with Crippen LogP contribution in [0.3, 0.4) is 0 Å². The van der Waals surface area contributed by atoms with Gasteiger partial charge in [-0.2, -0.15) is 4.98 Å². The molecule has 144 valence electrons. The van der Waals surface area contributed by atoms with Gasteiger partial charge in [-0.25, -0.2) is 4.79 Å². The predicted molar refractivity (Wildman–Crippen MR) is 103 cm³/mol. The minimum atomic E-state index is -0.847. The number of aromatic nitrogens is 2. The highest BCUT2D eigenvalue weighted by atomic mass is 16.6. The molecule has 9 heteroatoms. The molecule has 29 heavy (non-hydrogen) atoms. The Labute approximate surface area is 162 Å². The van der Waals surface area contributed by atoms with E-state index in [0.29, 0.717) is 17.6 Å². The summed E-state index contributed by atoms with van der Waals surface area (Å²) in [5.41, 5.74) is 0.207. The van der Waals surface area contributed by atoms with Gasteiger partial charge in [0.25, 0.3) is 0 Å². The zero-order valence-corrected chi connectivity index (χ0v) is 15.0. The minimum Gasteiger partial charge on any atom is -0.433 e. The third kappa shape index (κ3) is 2.66. The number of benzene rings is 1. The van der Waals surface area contributed by atoms with E-state index >= 15 is 0 Å². The summed E-state index contributed by atoms with van der Waals surface area (Å²) < 4.78 is 12.1. The van der Waals surface area contributed by atoms with Gasteiger partial charge in [-0.15, -0.1) is 0 Å². The molecule has 0 bridgehead atoms. The van der Waals surface area contributed by atoms with Gasteiger partial charge in [-0.1, -0.05) is 6.07 Å². The van der Waals surface area contributed by atoms with E-state index in [4.69, 9.17) is 9.15 Å². The third-order valence-corrected chi connectivity index (χ3v) is 5.02. The van der Waals surface area contributed by atoms with Gasteiger partial charge in [-0.3, -0.25) is 19.3 Å². The van der Waals surface area contributed by atoms with Crippen molar-refractivity contribution in [2.75, 3.05) is 0 Å². The predicted octanol–water partition coefficient (Wildman–Crippen LogP) is 2.99. The molecule has 0 atom stereocenters. The number of fused-ring (bicyclic) bond motifs is 4. The fourth-order valence-electron chi connectivity index (χ4n) is 3.73. The highest BCUT2D eigenvalue weighted by Crippen LogP contribution is 2.32. The van der Waals surface area contributed by atoms with E-state index < -0.39 is 22.0 Å². The Morgan fingerprint density at radius 1 is 1.14 bits per heavy atom. The summed E-state index contributed by atoms with van der Waals surface area (Å²) in [6.07, 6.45) is 3.79. The van der Waals surface area contributed by atoms with E-state index in [2.05, 4.69) is 4.98 Å². The van der Waals surface area contributed by atoms with E-state index in [1.165, 1.54) is 12.3 Å². The summed E-state index contributed by atoms with van der Waals surface area (Å²) >= 11 is 0. The van der Waals surface area contributed by atoms with Gasteiger partial charge in [0.15, 0.2) is 0 Å². The smallest absolute Gasteiger partial charge is 0.396 e. The zero-order chi connectivity index (χ0) is 20.1. The Morgan fingerprint density at radius 2 is 1.97 bits per heavy atom. The Morgan fingerprint density at radius 3 is 2.79 bits per heavy atom. The van der Waals surface area contributed by atoms with Crippen molar-refractivity contribution in [3.63, 3.8) is 0 Å². The van der Waals surface area contributed by atoms with Crippen molar-refractivity contribution in [3.8, 4) is 11.6 Å². The molecule has 0 N–H and O–H groups in total. The molecule has 0 unspecified atom stereocenters. The number of aryl methyl sites for hydroxylation is 1. The van der Waals surface area contributed by atoms with Gasteiger partial charge < -0.3 is 9.15 Å². The quantitative estimate of drug-likeness (QED) is 0.299. The normalized spacial score (nSPS) is 13.0. The lowest BCUT2D eigenvalue weighted by atomic mass is 10.1. The maximum Gasteiger partial charge on any atom is 0.396 e. The first kappa shape index (κ1) is 17.1. The maximum atomic E-state index is 12.5. The second-order valence-corrected chi connectivity index (χ2v) is 6.72. The first-order chi connectivity index (χ1) is 14.0. The second kappa shape index (κ2) is 6.26. The van der Waals surface area contributed by atoms with E-state index in [0.717, 1.165) is 28.2 Å². The fourth-order valence-corrected chi connectivity index (χ4v) is 3.73. The number of ether oxygens (including phenoxy) is 1.